The number of likely N-dealkylation sites (tertiary alicyclic amines) is 1. The third-order valence-corrected chi connectivity index (χ3v) is 10.9. The predicted octanol–water partition coefficient (Wildman–Crippen LogP) is 3.63. The molecular formula is C32H35N5O5S. The van der Waals surface area contributed by atoms with Gasteiger partial charge in [0.25, 0.3) is 5.91 Å². The number of hydrogen-bond donors (Lipinski definition) is 4. The fourth-order valence-electron chi connectivity index (χ4n) is 7.27. The van der Waals surface area contributed by atoms with Crippen LogP contribution < -0.4 is 15.4 Å². The number of methoxy groups -OCH3 is 1. The van der Waals surface area contributed by atoms with Crippen LogP contribution in [0.1, 0.15) is 48.3 Å². The van der Waals surface area contributed by atoms with Gasteiger partial charge in [-0.15, -0.1) is 11.3 Å². The largest absolute Gasteiger partial charge is 0.496 e. The van der Waals surface area contributed by atoms with Gasteiger partial charge in [-0.25, -0.2) is 4.98 Å². The van der Waals surface area contributed by atoms with Gasteiger partial charge in [-0.2, -0.15) is 0 Å². The Morgan fingerprint density at radius 3 is 2.79 bits per heavy atom. The molecule has 4 heterocycles. The second kappa shape index (κ2) is 10.3. The molecule has 10 nitrogen and oxygen atoms in total. The zero-order valence-corrected chi connectivity index (χ0v) is 25.1. The highest BCUT2D eigenvalue weighted by Crippen LogP contribution is 2.65. The van der Waals surface area contributed by atoms with E-state index < -0.39 is 18.2 Å². The summed E-state index contributed by atoms with van der Waals surface area (Å²) in [7, 11) is 1.59. The summed E-state index contributed by atoms with van der Waals surface area (Å²) in [6.45, 7) is 5.31. The number of aromatic nitrogens is 2. The molecule has 4 aromatic rings. The second-order valence-electron chi connectivity index (χ2n) is 12.6. The lowest BCUT2D eigenvalue weighted by molar-refractivity contribution is -0.129. The summed E-state index contributed by atoms with van der Waals surface area (Å²) >= 11 is 1.38. The maximum Gasteiger partial charge on any atom is 0.271 e. The van der Waals surface area contributed by atoms with Crippen molar-refractivity contribution in [1.29, 1.82) is 0 Å². The number of fused-ring (bicyclic) bond motifs is 3. The number of piperidine rings is 1. The summed E-state index contributed by atoms with van der Waals surface area (Å²) in [6, 6.07) is 13.5. The van der Waals surface area contributed by atoms with Crippen molar-refractivity contribution in [3.63, 3.8) is 0 Å². The highest BCUT2D eigenvalue weighted by atomic mass is 32.1. The van der Waals surface area contributed by atoms with E-state index in [4.69, 9.17) is 4.74 Å². The smallest absolute Gasteiger partial charge is 0.271 e. The normalized spacial score (nSPS) is 25.4. The van der Waals surface area contributed by atoms with E-state index in [0.29, 0.717) is 36.0 Å². The third-order valence-electron chi connectivity index (χ3n) is 9.79. The Balaban J connectivity index is 1.18. The molecule has 4 N–H and O–H groups in total. The van der Waals surface area contributed by atoms with Crippen molar-refractivity contribution in [2.75, 3.05) is 20.2 Å². The summed E-state index contributed by atoms with van der Waals surface area (Å²) in [6.07, 6.45) is -0.202. The van der Waals surface area contributed by atoms with E-state index in [1.807, 2.05) is 42.5 Å². The number of aliphatic hydroxyl groups excluding tert-OH is 1. The number of ether oxygens (including phenoxy) is 1. The first-order valence-corrected chi connectivity index (χ1v) is 15.6. The molecule has 6 atom stereocenters. The molecule has 2 aromatic carbocycles. The van der Waals surface area contributed by atoms with E-state index >= 15 is 0 Å². The van der Waals surface area contributed by atoms with Crippen LogP contribution in [-0.2, 0) is 9.59 Å². The number of amides is 3. The van der Waals surface area contributed by atoms with Crippen molar-refractivity contribution in [3.05, 3.63) is 59.2 Å². The minimum absolute atomic E-state index is 0.00890. The number of para-hydroxylation sites is 1. The first-order valence-electron chi connectivity index (χ1n) is 14.8. The van der Waals surface area contributed by atoms with Gasteiger partial charge in [0.05, 0.1) is 23.4 Å². The molecule has 3 fully saturated rings. The average Bonchev–Trinajstić information content (AvgIpc) is 3.64. The van der Waals surface area contributed by atoms with Crippen molar-refractivity contribution >= 4 is 50.2 Å². The van der Waals surface area contributed by atoms with E-state index in [1.165, 1.54) is 11.3 Å². The zero-order valence-electron chi connectivity index (χ0n) is 24.3. The lowest BCUT2D eigenvalue weighted by Crippen LogP contribution is -2.53. The van der Waals surface area contributed by atoms with Crippen LogP contribution in [0.25, 0.3) is 21.1 Å². The molecule has 2 aliphatic heterocycles. The summed E-state index contributed by atoms with van der Waals surface area (Å²) in [5.41, 5.74) is 1.86. The van der Waals surface area contributed by atoms with Gasteiger partial charge in [-0.3, -0.25) is 14.4 Å². The Hall–Kier alpha value is -3.96. The third kappa shape index (κ3) is 4.65. The molecular weight excluding hydrogens is 566 g/mol. The number of aliphatic hydroxyl groups is 1. The molecule has 0 spiro atoms. The number of hydrogen-bond acceptors (Lipinski definition) is 7. The highest BCUT2D eigenvalue weighted by Gasteiger charge is 2.69. The van der Waals surface area contributed by atoms with E-state index in [9.17, 15) is 19.5 Å². The van der Waals surface area contributed by atoms with Crippen LogP contribution >= 0.6 is 11.3 Å². The molecule has 3 amide bonds. The molecule has 0 radical (unpaired) electrons. The number of carbonyl (C=O) groups excluding carboxylic acids is 3. The maximum absolute atomic E-state index is 14.2. The fraction of sp³-hybridized carbons (Fsp3) is 0.438. The van der Waals surface area contributed by atoms with E-state index in [-0.39, 0.29) is 47.3 Å². The van der Waals surface area contributed by atoms with Gasteiger partial charge in [0, 0.05) is 29.9 Å². The summed E-state index contributed by atoms with van der Waals surface area (Å²) in [4.78, 5) is 50.2. The highest BCUT2D eigenvalue weighted by molar-refractivity contribution is 7.18. The first kappa shape index (κ1) is 27.8. The minimum atomic E-state index is -1.11. The number of carbonyl (C=O) groups is 3. The van der Waals surface area contributed by atoms with Gasteiger partial charge in [0.15, 0.2) is 0 Å². The number of thiazole rings is 1. The maximum atomic E-state index is 14.2. The monoisotopic (exact) mass is 601 g/mol. The lowest BCUT2D eigenvalue weighted by Gasteiger charge is -2.32. The van der Waals surface area contributed by atoms with Crippen LogP contribution in [0, 0.1) is 23.2 Å². The van der Waals surface area contributed by atoms with Crippen LogP contribution in [-0.4, -0.2) is 70.0 Å². The molecule has 1 saturated carbocycles. The van der Waals surface area contributed by atoms with Crippen LogP contribution in [0.4, 0.5) is 0 Å². The standard InChI is InChI=1S/C32H35N5O5S/c1-32(2)18-15-37(31(41)22-14-17-19(34-22)8-6-9-23(17)42-3)26(25(18)32)29(40)35-21(13-16-11-12-33-28(16)39)27(38)30-36-20-7-4-5-10-24(20)43-30/h4-10,14,16,18,21,25-27,34,38H,11-13,15H2,1-3H3,(H,33,39)(H,35,40)/t16-,18-,21-,25-,26-,27-/m0/s1. The number of nitrogens with zero attached hydrogens (tertiary/aromatic N) is 2. The van der Waals surface area contributed by atoms with Crippen molar-refractivity contribution in [2.45, 2.75) is 44.9 Å². The van der Waals surface area contributed by atoms with Gasteiger partial charge in [0.1, 0.15) is 28.6 Å². The van der Waals surface area contributed by atoms with E-state index in [1.54, 1.807) is 18.1 Å². The van der Waals surface area contributed by atoms with Gasteiger partial charge < -0.3 is 30.4 Å². The Morgan fingerprint density at radius 1 is 1.23 bits per heavy atom. The number of rotatable bonds is 8. The topological polar surface area (TPSA) is 137 Å². The Morgan fingerprint density at radius 2 is 2.05 bits per heavy atom. The van der Waals surface area contributed by atoms with Crippen LogP contribution in [0.5, 0.6) is 5.75 Å². The zero-order chi connectivity index (χ0) is 30.0. The number of H-pyrrole nitrogens is 1. The Kier molecular flexibility index (Phi) is 6.70. The molecule has 2 aromatic heterocycles. The molecule has 0 bridgehead atoms. The van der Waals surface area contributed by atoms with Gasteiger partial charge in [-0.05, 0) is 60.4 Å². The molecule has 1 aliphatic carbocycles. The van der Waals surface area contributed by atoms with Crippen molar-refractivity contribution < 1.29 is 24.2 Å². The number of nitrogens with one attached hydrogen (secondary N) is 3. The van der Waals surface area contributed by atoms with Crippen LogP contribution in [0.3, 0.4) is 0 Å². The lowest BCUT2D eigenvalue weighted by atomic mass is 9.94. The SMILES string of the molecule is COc1cccc2[nH]c(C(=O)N3C[C@H]4[C@@H]([C@H]3C(=O)N[C@@H](C[C@@H]3CCNC3=O)[C@H](O)c3nc5ccccc5s3)C4(C)C)cc12. The van der Waals surface area contributed by atoms with E-state index in [2.05, 4.69) is 34.4 Å². The first-order chi connectivity index (χ1) is 20.7. The summed E-state index contributed by atoms with van der Waals surface area (Å²) in [5, 5.41) is 18.8. The van der Waals surface area contributed by atoms with Crippen LogP contribution in [0.2, 0.25) is 0 Å². The molecule has 7 rings (SSSR count). The van der Waals surface area contributed by atoms with E-state index in [0.717, 1.165) is 21.1 Å². The minimum Gasteiger partial charge on any atom is -0.496 e. The van der Waals surface area contributed by atoms with Crippen molar-refractivity contribution in [3.8, 4) is 5.75 Å². The average molecular weight is 602 g/mol. The van der Waals surface area contributed by atoms with Gasteiger partial charge in [0.2, 0.25) is 11.8 Å². The molecule has 0 unspecified atom stereocenters. The number of benzene rings is 2. The predicted molar refractivity (Wildman–Crippen MR) is 163 cm³/mol. The van der Waals surface area contributed by atoms with Crippen molar-refractivity contribution in [2.24, 2.45) is 23.2 Å². The van der Waals surface area contributed by atoms with Crippen molar-refractivity contribution in [1.82, 2.24) is 25.5 Å². The Labute approximate surface area is 252 Å². The fourth-order valence-corrected chi connectivity index (χ4v) is 8.29. The number of aromatic amines is 1. The van der Waals surface area contributed by atoms with Crippen LogP contribution in [0.15, 0.2) is 48.5 Å². The van der Waals surface area contributed by atoms with Gasteiger partial charge in [-0.1, -0.05) is 32.0 Å². The second-order valence-corrected chi connectivity index (χ2v) is 13.6. The molecule has 2 saturated heterocycles. The Bertz CT molecular complexity index is 1710. The molecule has 11 heteroatoms. The van der Waals surface area contributed by atoms with Gasteiger partial charge >= 0.3 is 0 Å². The molecule has 3 aliphatic rings. The summed E-state index contributed by atoms with van der Waals surface area (Å²) < 4.78 is 6.41. The molecule has 224 valence electrons. The quantitative estimate of drug-likeness (QED) is 0.244. The summed E-state index contributed by atoms with van der Waals surface area (Å²) in [5.74, 6) is -0.128. The molecule has 43 heavy (non-hydrogen) atoms.